The van der Waals surface area contributed by atoms with Crippen molar-refractivity contribution in [2.45, 2.75) is 19.9 Å². The van der Waals surface area contributed by atoms with Gasteiger partial charge >= 0.3 is 0 Å². The first-order valence-corrected chi connectivity index (χ1v) is 6.08. The van der Waals surface area contributed by atoms with Crippen LogP contribution in [0.1, 0.15) is 28.6 Å². The maximum atomic E-state index is 14.1. The smallest absolute Gasteiger partial charge is 0.164 e. The molecule has 0 fully saturated rings. The van der Waals surface area contributed by atoms with E-state index in [2.05, 4.69) is 10.4 Å². The first-order valence-electron chi connectivity index (χ1n) is 6.08. The van der Waals surface area contributed by atoms with Gasteiger partial charge in [-0.1, -0.05) is 12.1 Å². The highest BCUT2D eigenvalue weighted by Crippen LogP contribution is 2.27. The molecule has 1 aromatic heterocycles. The fourth-order valence-electron chi connectivity index (χ4n) is 2.25. The molecule has 1 aromatic carbocycles. The van der Waals surface area contributed by atoms with Gasteiger partial charge in [0.15, 0.2) is 11.6 Å². The van der Waals surface area contributed by atoms with Crippen LogP contribution < -0.4 is 5.32 Å². The highest BCUT2D eigenvalue weighted by Gasteiger charge is 2.22. The second kappa shape index (κ2) is 5.09. The van der Waals surface area contributed by atoms with Gasteiger partial charge in [0.2, 0.25) is 0 Å². The Morgan fingerprint density at radius 2 is 1.89 bits per heavy atom. The molecular formula is C14H17F2N3. The van der Waals surface area contributed by atoms with Crippen LogP contribution in [0.15, 0.2) is 18.2 Å². The molecule has 0 amide bonds. The lowest BCUT2D eigenvalue weighted by Crippen LogP contribution is -2.22. The van der Waals surface area contributed by atoms with E-state index in [1.165, 1.54) is 0 Å². The Balaban J connectivity index is 2.54. The Kier molecular flexibility index (Phi) is 3.66. The third kappa shape index (κ3) is 2.38. The van der Waals surface area contributed by atoms with Crippen molar-refractivity contribution < 1.29 is 8.78 Å². The SMILES string of the molecule is CNC(c1ccc(C)c(F)c1F)c1cc(C)nn1C. The van der Waals surface area contributed by atoms with Crippen molar-refractivity contribution in [3.8, 4) is 0 Å². The fourth-order valence-corrected chi connectivity index (χ4v) is 2.25. The molecule has 1 unspecified atom stereocenters. The van der Waals surface area contributed by atoms with Gasteiger partial charge in [-0.2, -0.15) is 5.10 Å². The van der Waals surface area contributed by atoms with Gasteiger partial charge in [0.05, 0.1) is 17.4 Å². The van der Waals surface area contributed by atoms with Gasteiger partial charge in [-0.15, -0.1) is 0 Å². The molecule has 102 valence electrons. The van der Waals surface area contributed by atoms with Crippen LogP contribution in [0.3, 0.4) is 0 Å². The highest BCUT2D eigenvalue weighted by atomic mass is 19.2. The van der Waals surface area contributed by atoms with E-state index in [0.717, 1.165) is 11.4 Å². The first-order chi connectivity index (χ1) is 8.95. The Morgan fingerprint density at radius 3 is 2.42 bits per heavy atom. The predicted molar refractivity (Wildman–Crippen MR) is 69.9 cm³/mol. The molecule has 1 N–H and O–H groups in total. The zero-order chi connectivity index (χ0) is 14.2. The van der Waals surface area contributed by atoms with Crippen molar-refractivity contribution in [3.05, 3.63) is 52.3 Å². The number of benzene rings is 1. The molecule has 0 spiro atoms. The average Bonchev–Trinajstić information content (AvgIpc) is 2.69. The summed E-state index contributed by atoms with van der Waals surface area (Å²) in [7, 11) is 3.50. The van der Waals surface area contributed by atoms with Gasteiger partial charge in [-0.05, 0) is 32.5 Å². The molecule has 1 heterocycles. The summed E-state index contributed by atoms with van der Waals surface area (Å²) < 4.78 is 29.4. The molecule has 0 saturated carbocycles. The lowest BCUT2D eigenvalue weighted by Gasteiger charge is -2.18. The van der Waals surface area contributed by atoms with Crippen LogP contribution in [-0.4, -0.2) is 16.8 Å². The Labute approximate surface area is 111 Å². The molecule has 19 heavy (non-hydrogen) atoms. The Bertz CT molecular complexity index is 605. The number of hydrogen-bond acceptors (Lipinski definition) is 2. The molecule has 0 aliphatic carbocycles. The largest absolute Gasteiger partial charge is 0.308 e. The molecule has 3 nitrogen and oxygen atoms in total. The predicted octanol–water partition coefficient (Wildman–Crippen LogP) is 2.62. The Hall–Kier alpha value is -1.75. The van der Waals surface area contributed by atoms with Crippen LogP contribution in [0, 0.1) is 25.5 Å². The zero-order valence-corrected chi connectivity index (χ0v) is 11.5. The number of aryl methyl sites for hydroxylation is 3. The average molecular weight is 265 g/mol. The number of rotatable bonds is 3. The Morgan fingerprint density at radius 1 is 1.21 bits per heavy atom. The number of halogens is 2. The van der Waals surface area contributed by atoms with Gasteiger partial charge in [0, 0.05) is 12.6 Å². The second-order valence-electron chi connectivity index (χ2n) is 4.66. The standard InChI is InChI=1S/C14H17F2N3/c1-8-5-6-10(13(16)12(8)15)14(17-3)11-7-9(2)18-19(11)4/h5-7,14,17H,1-4H3. The monoisotopic (exact) mass is 265 g/mol. The topological polar surface area (TPSA) is 29.9 Å². The maximum absolute atomic E-state index is 14.1. The minimum atomic E-state index is -0.807. The van der Waals surface area contributed by atoms with Crippen molar-refractivity contribution in [1.82, 2.24) is 15.1 Å². The number of hydrogen-bond donors (Lipinski definition) is 1. The summed E-state index contributed by atoms with van der Waals surface area (Å²) >= 11 is 0. The maximum Gasteiger partial charge on any atom is 0.164 e. The summed E-state index contributed by atoms with van der Waals surface area (Å²) in [6, 6.07) is 4.62. The molecule has 0 aliphatic rings. The third-order valence-electron chi connectivity index (χ3n) is 3.24. The number of nitrogens with zero attached hydrogens (tertiary/aromatic N) is 2. The fraction of sp³-hybridized carbons (Fsp3) is 0.357. The highest BCUT2D eigenvalue weighted by molar-refractivity contribution is 5.33. The molecule has 0 radical (unpaired) electrons. The summed E-state index contributed by atoms with van der Waals surface area (Å²) in [5.74, 6) is -1.60. The quantitative estimate of drug-likeness (QED) is 0.924. The van der Waals surface area contributed by atoms with Crippen LogP contribution in [0.25, 0.3) is 0 Å². The van der Waals surface area contributed by atoms with Gasteiger partial charge in [0.25, 0.3) is 0 Å². The minimum absolute atomic E-state index is 0.286. The van der Waals surface area contributed by atoms with Crippen LogP contribution in [0.4, 0.5) is 8.78 Å². The normalized spacial score (nSPS) is 12.7. The van der Waals surface area contributed by atoms with E-state index < -0.39 is 17.7 Å². The molecule has 2 aromatic rings. The molecule has 0 saturated heterocycles. The molecule has 1 atom stereocenters. The van der Waals surface area contributed by atoms with E-state index in [4.69, 9.17) is 0 Å². The number of aromatic nitrogens is 2. The third-order valence-corrected chi connectivity index (χ3v) is 3.24. The van der Waals surface area contributed by atoms with Crippen molar-refractivity contribution in [2.75, 3.05) is 7.05 Å². The summed E-state index contributed by atoms with van der Waals surface area (Å²) in [4.78, 5) is 0. The van der Waals surface area contributed by atoms with Crippen LogP contribution in [0.2, 0.25) is 0 Å². The van der Waals surface area contributed by atoms with Gasteiger partial charge in [-0.25, -0.2) is 8.78 Å². The molecular weight excluding hydrogens is 248 g/mol. The summed E-state index contributed by atoms with van der Waals surface area (Å²) in [5, 5.41) is 7.24. The van der Waals surface area contributed by atoms with Crippen molar-refractivity contribution in [3.63, 3.8) is 0 Å². The summed E-state index contributed by atoms with van der Waals surface area (Å²) in [6.45, 7) is 3.41. The van der Waals surface area contributed by atoms with E-state index in [1.54, 1.807) is 37.8 Å². The van der Waals surface area contributed by atoms with E-state index in [-0.39, 0.29) is 5.56 Å². The van der Waals surface area contributed by atoms with Gasteiger partial charge < -0.3 is 5.32 Å². The molecule has 0 aliphatic heterocycles. The minimum Gasteiger partial charge on any atom is -0.308 e. The van der Waals surface area contributed by atoms with Gasteiger partial charge in [0.1, 0.15) is 0 Å². The van der Waals surface area contributed by atoms with Crippen LogP contribution in [-0.2, 0) is 7.05 Å². The van der Waals surface area contributed by atoms with E-state index in [1.807, 2.05) is 13.0 Å². The zero-order valence-electron chi connectivity index (χ0n) is 11.5. The lowest BCUT2D eigenvalue weighted by molar-refractivity contribution is 0.477. The molecule has 5 heteroatoms. The first kappa shape index (κ1) is 13.7. The van der Waals surface area contributed by atoms with E-state index in [9.17, 15) is 8.78 Å². The van der Waals surface area contributed by atoms with E-state index >= 15 is 0 Å². The van der Waals surface area contributed by atoms with Crippen LogP contribution in [0.5, 0.6) is 0 Å². The van der Waals surface area contributed by atoms with Crippen molar-refractivity contribution in [1.29, 1.82) is 0 Å². The summed E-state index contributed by atoms with van der Waals surface area (Å²) in [5.41, 5.74) is 2.22. The number of nitrogens with one attached hydrogen (secondary N) is 1. The molecule has 2 rings (SSSR count). The molecule has 0 bridgehead atoms. The van der Waals surface area contributed by atoms with Gasteiger partial charge in [-0.3, -0.25) is 4.68 Å². The summed E-state index contributed by atoms with van der Waals surface area (Å²) in [6.07, 6.45) is 0. The second-order valence-corrected chi connectivity index (χ2v) is 4.66. The van der Waals surface area contributed by atoms with Crippen molar-refractivity contribution in [2.24, 2.45) is 7.05 Å². The van der Waals surface area contributed by atoms with Crippen molar-refractivity contribution >= 4 is 0 Å². The van der Waals surface area contributed by atoms with Crippen LogP contribution >= 0.6 is 0 Å². The van der Waals surface area contributed by atoms with E-state index in [0.29, 0.717) is 5.56 Å². The lowest BCUT2D eigenvalue weighted by atomic mass is 10.0.